The fourth-order valence-electron chi connectivity index (χ4n) is 6.14. The molecule has 1 aromatic rings. The number of nitrogens with two attached hydrogens (primary N) is 1. The van der Waals surface area contributed by atoms with Crippen molar-refractivity contribution in [2.24, 2.45) is 28.9 Å². The van der Waals surface area contributed by atoms with Crippen molar-refractivity contribution in [3.05, 3.63) is 11.7 Å². The van der Waals surface area contributed by atoms with Gasteiger partial charge in [0, 0.05) is 6.42 Å². The van der Waals surface area contributed by atoms with Gasteiger partial charge < -0.3 is 10.3 Å². The Kier molecular flexibility index (Phi) is 3.36. The van der Waals surface area contributed by atoms with Crippen LogP contribution in [0.2, 0.25) is 0 Å². The summed E-state index contributed by atoms with van der Waals surface area (Å²) >= 11 is 0. The van der Waals surface area contributed by atoms with Gasteiger partial charge >= 0.3 is 0 Å². The van der Waals surface area contributed by atoms with Crippen molar-refractivity contribution in [3.8, 4) is 0 Å². The summed E-state index contributed by atoms with van der Waals surface area (Å²) in [7, 11) is 0. The highest BCUT2D eigenvalue weighted by Crippen LogP contribution is 2.61. The molecule has 0 unspecified atom stereocenters. The molecule has 0 saturated heterocycles. The first kappa shape index (κ1) is 14.9. The van der Waals surface area contributed by atoms with E-state index in [9.17, 15) is 0 Å². The molecular formula is C17H26ClN3O. The Labute approximate surface area is 138 Å². The van der Waals surface area contributed by atoms with Crippen LogP contribution in [0.5, 0.6) is 0 Å². The van der Waals surface area contributed by atoms with Crippen LogP contribution in [0.25, 0.3) is 0 Å². The molecular weight excluding hydrogens is 298 g/mol. The van der Waals surface area contributed by atoms with Gasteiger partial charge in [-0.1, -0.05) is 5.16 Å². The van der Waals surface area contributed by atoms with E-state index >= 15 is 0 Å². The predicted molar refractivity (Wildman–Crippen MR) is 85.6 cm³/mol. The van der Waals surface area contributed by atoms with Crippen LogP contribution in [-0.4, -0.2) is 10.1 Å². The van der Waals surface area contributed by atoms with Crippen molar-refractivity contribution in [2.45, 2.75) is 69.7 Å². The maximum absolute atomic E-state index is 6.31. The largest absolute Gasteiger partial charge is 0.339 e. The maximum Gasteiger partial charge on any atom is 0.227 e. The van der Waals surface area contributed by atoms with Crippen LogP contribution in [-0.2, 0) is 12.0 Å². The van der Waals surface area contributed by atoms with Gasteiger partial charge in [0.05, 0.1) is 5.54 Å². The van der Waals surface area contributed by atoms with Crippen molar-refractivity contribution < 1.29 is 4.52 Å². The SMILES string of the molecule is Cl.NC1(c2noc(CC34CC5CC(CC(C5)C3)C4)n2)CCC1. The van der Waals surface area contributed by atoms with Gasteiger partial charge in [0.1, 0.15) is 0 Å². The van der Waals surface area contributed by atoms with Crippen LogP contribution in [0.1, 0.15) is 69.5 Å². The third kappa shape index (κ3) is 2.22. The molecule has 0 atom stereocenters. The second-order valence-electron chi connectivity index (χ2n) is 8.62. The van der Waals surface area contributed by atoms with Gasteiger partial charge in [-0.15, -0.1) is 12.4 Å². The van der Waals surface area contributed by atoms with Crippen molar-refractivity contribution >= 4 is 12.4 Å². The zero-order valence-corrected chi connectivity index (χ0v) is 13.9. The van der Waals surface area contributed by atoms with Gasteiger partial charge in [-0.2, -0.15) is 4.98 Å². The van der Waals surface area contributed by atoms with Gasteiger partial charge in [-0.3, -0.25) is 0 Å². The Morgan fingerprint density at radius 1 is 1.05 bits per heavy atom. The quantitative estimate of drug-likeness (QED) is 0.923. The lowest BCUT2D eigenvalue weighted by Crippen LogP contribution is -2.47. The molecule has 1 aromatic heterocycles. The Morgan fingerprint density at radius 2 is 1.64 bits per heavy atom. The van der Waals surface area contributed by atoms with Crippen LogP contribution in [0.4, 0.5) is 0 Å². The van der Waals surface area contributed by atoms with Gasteiger partial charge in [0.2, 0.25) is 5.89 Å². The number of nitrogens with zero attached hydrogens (tertiary/aromatic N) is 2. The van der Waals surface area contributed by atoms with Crippen LogP contribution >= 0.6 is 12.4 Å². The van der Waals surface area contributed by atoms with Crippen LogP contribution < -0.4 is 5.73 Å². The first-order valence-electron chi connectivity index (χ1n) is 8.75. The highest BCUT2D eigenvalue weighted by atomic mass is 35.5. The summed E-state index contributed by atoms with van der Waals surface area (Å²) in [5.41, 5.74) is 6.50. The molecule has 1 heterocycles. The molecule has 0 aliphatic heterocycles. The molecule has 22 heavy (non-hydrogen) atoms. The van der Waals surface area contributed by atoms with E-state index in [0.29, 0.717) is 5.41 Å². The first-order valence-corrected chi connectivity index (χ1v) is 8.75. The number of rotatable bonds is 3. The molecule has 0 spiro atoms. The fourth-order valence-corrected chi connectivity index (χ4v) is 6.14. The molecule has 5 heteroatoms. The smallest absolute Gasteiger partial charge is 0.227 e. The number of aromatic nitrogens is 2. The van der Waals surface area contributed by atoms with Gasteiger partial charge in [0.15, 0.2) is 5.82 Å². The fraction of sp³-hybridized carbons (Fsp3) is 0.882. The predicted octanol–water partition coefficient (Wildman–Crippen LogP) is 3.59. The minimum absolute atomic E-state index is 0. The van der Waals surface area contributed by atoms with E-state index in [1.54, 1.807) is 0 Å². The van der Waals surface area contributed by atoms with Crippen molar-refractivity contribution in [3.63, 3.8) is 0 Å². The standard InChI is InChI=1S/C17H25N3O.ClH/c18-17(2-1-3-17)15-19-14(21-20-15)10-16-7-11-4-12(8-16)6-13(5-11)9-16;/h11-13H,1-10,18H2;1H. The van der Waals surface area contributed by atoms with E-state index in [-0.39, 0.29) is 17.9 Å². The normalized spacial score (nSPS) is 41.0. The van der Waals surface area contributed by atoms with E-state index in [0.717, 1.165) is 48.7 Å². The lowest BCUT2D eigenvalue weighted by atomic mass is 9.49. The summed E-state index contributed by atoms with van der Waals surface area (Å²) in [4.78, 5) is 4.68. The van der Waals surface area contributed by atoms with Gasteiger partial charge in [0.25, 0.3) is 0 Å². The number of hydrogen-bond acceptors (Lipinski definition) is 4. The monoisotopic (exact) mass is 323 g/mol. The van der Waals surface area contributed by atoms with Crippen LogP contribution in [0.15, 0.2) is 4.52 Å². The second-order valence-corrected chi connectivity index (χ2v) is 8.62. The maximum atomic E-state index is 6.31. The summed E-state index contributed by atoms with van der Waals surface area (Å²) in [5, 5.41) is 4.20. The molecule has 0 radical (unpaired) electrons. The summed E-state index contributed by atoms with van der Waals surface area (Å²) in [6.45, 7) is 0. The lowest BCUT2D eigenvalue weighted by molar-refractivity contribution is -0.0556. The molecule has 5 fully saturated rings. The molecule has 0 amide bonds. The Morgan fingerprint density at radius 3 is 2.14 bits per heavy atom. The number of halogens is 1. The molecule has 5 aliphatic rings. The topological polar surface area (TPSA) is 64.9 Å². The molecule has 4 bridgehead atoms. The average molecular weight is 324 g/mol. The molecule has 2 N–H and O–H groups in total. The van der Waals surface area contributed by atoms with Crippen molar-refractivity contribution in [2.75, 3.05) is 0 Å². The minimum atomic E-state index is -0.288. The zero-order chi connectivity index (χ0) is 14.1. The van der Waals surface area contributed by atoms with Crippen LogP contribution in [0.3, 0.4) is 0 Å². The Bertz CT molecular complexity index is 531. The minimum Gasteiger partial charge on any atom is -0.339 e. The third-order valence-electron chi connectivity index (χ3n) is 6.85. The Balaban J connectivity index is 0.00000125. The molecule has 5 aliphatic carbocycles. The highest BCUT2D eigenvalue weighted by molar-refractivity contribution is 5.85. The second kappa shape index (κ2) is 4.94. The summed E-state index contributed by atoms with van der Waals surface area (Å²) in [5.74, 6) is 4.54. The summed E-state index contributed by atoms with van der Waals surface area (Å²) in [6, 6.07) is 0. The summed E-state index contributed by atoms with van der Waals surface area (Å²) in [6.07, 6.45) is 12.8. The van der Waals surface area contributed by atoms with E-state index in [1.807, 2.05) is 0 Å². The van der Waals surface area contributed by atoms with Crippen molar-refractivity contribution in [1.82, 2.24) is 10.1 Å². The van der Waals surface area contributed by atoms with E-state index in [2.05, 4.69) is 10.1 Å². The zero-order valence-electron chi connectivity index (χ0n) is 13.1. The lowest BCUT2D eigenvalue weighted by Gasteiger charge is -2.56. The third-order valence-corrected chi connectivity index (χ3v) is 6.85. The molecule has 0 aromatic carbocycles. The van der Waals surface area contributed by atoms with E-state index < -0.39 is 0 Å². The molecule has 5 saturated carbocycles. The highest BCUT2D eigenvalue weighted by Gasteiger charge is 2.51. The van der Waals surface area contributed by atoms with E-state index in [4.69, 9.17) is 10.3 Å². The summed E-state index contributed by atoms with van der Waals surface area (Å²) < 4.78 is 5.58. The Hall–Kier alpha value is -0.610. The average Bonchev–Trinajstić information content (AvgIpc) is 2.82. The van der Waals surface area contributed by atoms with Crippen molar-refractivity contribution in [1.29, 1.82) is 0 Å². The molecule has 4 nitrogen and oxygen atoms in total. The molecule has 122 valence electrons. The van der Waals surface area contributed by atoms with Crippen LogP contribution in [0, 0.1) is 23.2 Å². The molecule has 6 rings (SSSR count). The van der Waals surface area contributed by atoms with Gasteiger partial charge in [-0.05, 0) is 81.0 Å². The van der Waals surface area contributed by atoms with Gasteiger partial charge in [-0.25, -0.2) is 0 Å². The first-order chi connectivity index (χ1) is 10.1. The van der Waals surface area contributed by atoms with E-state index in [1.165, 1.54) is 44.9 Å². The number of hydrogen-bond donors (Lipinski definition) is 1.